The quantitative estimate of drug-likeness (QED) is 0.0422. The van der Waals surface area contributed by atoms with Gasteiger partial charge in [0.25, 0.3) is 0 Å². The fraction of sp³-hybridized carbons (Fsp3) is 0.882. The van der Waals surface area contributed by atoms with Gasteiger partial charge in [0.1, 0.15) is 12.1 Å². The van der Waals surface area contributed by atoms with E-state index in [9.17, 15) is 9.59 Å². The van der Waals surface area contributed by atoms with Gasteiger partial charge in [-0.2, -0.15) is 0 Å². The monoisotopic (exact) mass is 504 g/mol. The lowest BCUT2D eigenvalue weighted by molar-refractivity contribution is -0.127. The summed E-state index contributed by atoms with van der Waals surface area (Å²) in [5.74, 6) is -0.162. The van der Waals surface area contributed by atoms with Crippen molar-refractivity contribution >= 4 is 12.1 Å². The molecule has 0 spiro atoms. The third kappa shape index (κ3) is 26.2. The molecule has 0 fully saturated rings. The second kappa shape index (κ2) is 30.3. The second-order valence-corrected chi connectivity index (χ2v) is 11.2. The number of ketones is 1. The van der Waals surface area contributed by atoms with Crippen LogP contribution < -0.4 is 0 Å². The van der Waals surface area contributed by atoms with Crippen LogP contribution in [0.2, 0.25) is 0 Å². The van der Waals surface area contributed by atoms with Gasteiger partial charge in [-0.15, -0.1) is 0 Å². The van der Waals surface area contributed by atoms with E-state index in [1.54, 1.807) is 0 Å². The van der Waals surface area contributed by atoms with E-state index < -0.39 is 0 Å². The number of unbranched alkanes of at least 4 members (excludes halogenated alkanes) is 22. The summed E-state index contributed by atoms with van der Waals surface area (Å²) in [5, 5.41) is 0. The molecule has 0 aromatic carbocycles. The van der Waals surface area contributed by atoms with Crippen LogP contribution in [0.1, 0.15) is 187 Å². The van der Waals surface area contributed by atoms with Crippen LogP contribution >= 0.6 is 0 Å². The molecule has 0 rings (SSSR count). The maximum atomic E-state index is 12.4. The van der Waals surface area contributed by atoms with Crippen LogP contribution in [0.15, 0.2) is 12.2 Å². The summed E-state index contributed by atoms with van der Waals surface area (Å²) < 4.78 is 0. The molecule has 2 nitrogen and oxygen atoms in total. The molecule has 0 aliphatic rings. The zero-order chi connectivity index (χ0) is 26.4. The number of allylic oxidation sites excluding steroid dienone is 2. The summed E-state index contributed by atoms with van der Waals surface area (Å²) in [4.78, 5) is 23.8. The fourth-order valence-electron chi connectivity index (χ4n) is 5.07. The lowest BCUT2D eigenvalue weighted by atomic mass is 9.94. The lowest BCUT2D eigenvalue weighted by Gasteiger charge is -2.09. The predicted octanol–water partition coefficient (Wildman–Crippen LogP) is 11.5. The molecule has 0 N–H and O–H groups in total. The second-order valence-electron chi connectivity index (χ2n) is 11.2. The van der Waals surface area contributed by atoms with Crippen molar-refractivity contribution in [1.82, 2.24) is 0 Å². The van der Waals surface area contributed by atoms with Gasteiger partial charge in [0.15, 0.2) is 0 Å². The van der Waals surface area contributed by atoms with Crippen LogP contribution in [0, 0.1) is 5.92 Å². The molecule has 0 amide bonds. The zero-order valence-corrected chi connectivity index (χ0v) is 24.7. The average Bonchev–Trinajstić information content (AvgIpc) is 2.89. The molecule has 0 aromatic heterocycles. The Morgan fingerprint density at radius 3 is 1.28 bits per heavy atom. The fourth-order valence-corrected chi connectivity index (χ4v) is 5.07. The highest BCUT2D eigenvalue weighted by molar-refractivity contribution is 5.93. The van der Waals surface area contributed by atoms with E-state index in [0.29, 0.717) is 6.42 Å². The van der Waals surface area contributed by atoms with Crippen LogP contribution in [0.25, 0.3) is 0 Å². The van der Waals surface area contributed by atoms with Crippen LogP contribution in [0.5, 0.6) is 0 Å². The molecule has 0 heterocycles. The number of carbonyl (C=O) groups excluding carboxylic acids is 2. The standard InChI is InChI=1S/C34H64O2/c1-3-5-7-9-11-13-15-17-19-20-22-24-26-28-30-33(32-35)34(36)31-29-27-25-23-21-18-16-14-12-10-8-6-4-2/h17,19,32-33H,3-16,18,20-31H2,1-2H3/b19-17+. The van der Waals surface area contributed by atoms with E-state index in [2.05, 4.69) is 26.0 Å². The summed E-state index contributed by atoms with van der Waals surface area (Å²) in [6, 6.07) is 0. The Hall–Kier alpha value is -0.920. The van der Waals surface area contributed by atoms with Crippen molar-refractivity contribution in [3.63, 3.8) is 0 Å². The van der Waals surface area contributed by atoms with Gasteiger partial charge in [0.2, 0.25) is 0 Å². The highest BCUT2D eigenvalue weighted by atomic mass is 16.1. The van der Waals surface area contributed by atoms with Crippen molar-refractivity contribution in [3.8, 4) is 0 Å². The number of Topliss-reactive ketones (excluding diaryl/α,β-unsaturated/α-hetero) is 1. The van der Waals surface area contributed by atoms with E-state index in [-0.39, 0.29) is 11.7 Å². The first-order valence-electron chi connectivity index (χ1n) is 16.4. The largest absolute Gasteiger partial charge is 0.303 e. The topological polar surface area (TPSA) is 34.1 Å². The van der Waals surface area contributed by atoms with Gasteiger partial charge in [-0.25, -0.2) is 0 Å². The first-order valence-corrected chi connectivity index (χ1v) is 16.4. The molecule has 0 aliphatic carbocycles. The SMILES string of the molecule is CCCCCCCC/C=C/CCCCCCC(C=O)C(=O)CCCCCCCCCCCCCCC. The molecule has 2 heteroatoms. The van der Waals surface area contributed by atoms with Gasteiger partial charge in [-0.05, 0) is 38.5 Å². The van der Waals surface area contributed by atoms with Crippen LogP contribution in [-0.2, 0) is 9.59 Å². The molecule has 36 heavy (non-hydrogen) atoms. The third-order valence-electron chi connectivity index (χ3n) is 7.63. The Balaban J connectivity index is 3.48. The van der Waals surface area contributed by atoms with E-state index in [4.69, 9.17) is 0 Å². The molecule has 0 bridgehead atoms. The number of rotatable bonds is 30. The summed E-state index contributed by atoms with van der Waals surface area (Å²) in [5.41, 5.74) is 0. The van der Waals surface area contributed by atoms with Crippen LogP contribution in [0.4, 0.5) is 0 Å². The van der Waals surface area contributed by atoms with E-state index in [0.717, 1.165) is 38.4 Å². The maximum Gasteiger partial charge on any atom is 0.143 e. The minimum atomic E-state index is -0.348. The smallest absolute Gasteiger partial charge is 0.143 e. The van der Waals surface area contributed by atoms with Gasteiger partial charge in [-0.1, -0.05) is 154 Å². The minimum Gasteiger partial charge on any atom is -0.303 e. The number of hydrogen-bond acceptors (Lipinski definition) is 2. The molecule has 1 atom stereocenters. The first kappa shape index (κ1) is 35.1. The Kier molecular flexibility index (Phi) is 29.5. The Labute approximate surface area is 226 Å². The number of carbonyl (C=O) groups is 2. The van der Waals surface area contributed by atoms with Crippen molar-refractivity contribution < 1.29 is 9.59 Å². The minimum absolute atomic E-state index is 0.186. The zero-order valence-electron chi connectivity index (χ0n) is 24.7. The predicted molar refractivity (Wildman–Crippen MR) is 160 cm³/mol. The highest BCUT2D eigenvalue weighted by Crippen LogP contribution is 2.16. The van der Waals surface area contributed by atoms with Crippen LogP contribution in [0.3, 0.4) is 0 Å². The molecular formula is C34H64O2. The Morgan fingerprint density at radius 2 is 0.861 bits per heavy atom. The normalized spacial score (nSPS) is 12.4. The van der Waals surface area contributed by atoms with Crippen molar-refractivity contribution in [3.05, 3.63) is 12.2 Å². The molecule has 0 saturated carbocycles. The molecule has 212 valence electrons. The summed E-state index contributed by atoms with van der Waals surface area (Å²) in [7, 11) is 0. The van der Waals surface area contributed by atoms with Gasteiger partial charge >= 0.3 is 0 Å². The van der Waals surface area contributed by atoms with E-state index in [1.807, 2.05) is 0 Å². The summed E-state index contributed by atoms with van der Waals surface area (Å²) >= 11 is 0. The number of hydrogen-bond donors (Lipinski definition) is 0. The van der Waals surface area contributed by atoms with Gasteiger partial charge in [0, 0.05) is 6.42 Å². The highest BCUT2D eigenvalue weighted by Gasteiger charge is 2.16. The van der Waals surface area contributed by atoms with Gasteiger partial charge in [0.05, 0.1) is 5.92 Å². The Bertz CT molecular complexity index is 482. The molecule has 1 unspecified atom stereocenters. The lowest BCUT2D eigenvalue weighted by Crippen LogP contribution is -2.15. The average molecular weight is 505 g/mol. The van der Waals surface area contributed by atoms with Crippen molar-refractivity contribution in [2.75, 3.05) is 0 Å². The van der Waals surface area contributed by atoms with Crippen molar-refractivity contribution in [2.24, 2.45) is 5.92 Å². The summed E-state index contributed by atoms with van der Waals surface area (Å²) in [6.07, 6.45) is 39.3. The third-order valence-corrected chi connectivity index (χ3v) is 7.63. The summed E-state index contributed by atoms with van der Waals surface area (Å²) in [6.45, 7) is 4.54. The van der Waals surface area contributed by atoms with Crippen molar-refractivity contribution in [2.45, 2.75) is 187 Å². The van der Waals surface area contributed by atoms with Crippen molar-refractivity contribution in [1.29, 1.82) is 0 Å². The van der Waals surface area contributed by atoms with E-state index in [1.165, 1.54) is 135 Å². The molecule has 0 radical (unpaired) electrons. The molecular weight excluding hydrogens is 440 g/mol. The molecule has 0 saturated heterocycles. The molecule has 0 aliphatic heterocycles. The van der Waals surface area contributed by atoms with Gasteiger partial charge < -0.3 is 4.79 Å². The molecule has 0 aromatic rings. The van der Waals surface area contributed by atoms with E-state index >= 15 is 0 Å². The number of aldehydes is 1. The Morgan fingerprint density at radius 1 is 0.500 bits per heavy atom. The van der Waals surface area contributed by atoms with Crippen LogP contribution in [-0.4, -0.2) is 12.1 Å². The van der Waals surface area contributed by atoms with Gasteiger partial charge in [-0.3, -0.25) is 4.79 Å². The maximum absolute atomic E-state index is 12.4. The first-order chi connectivity index (χ1) is 17.8.